The van der Waals surface area contributed by atoms with Crippen LogP contribution < -0.4 is 15.4 Å². The third-order valence-electron chi connectivity index (χ3n) is 4.55. The maximum absolute atomic E-state index is 11.1. The highest BCUT2D eigenvalue weighted by molar-refractivity contribution is 5.92. The van der Waals surface area contributed by atoms with Gasteiger partial charge in [-0.25, -0.2) is 4.98 Å². The smallest absolute Gasteiger partial charge is 0.250 e. The van der Waals surface area contributed by atoms with Gasteiger partial charge in [-0.15, -0.1) is 0 Å². The van der Waals surface area contributed by atoms with E-state index in [1.807, 2.05) is 12.1 Å². The van der Waals surface area contributed by atoms with Crippen molar-refractivity contribution in [2.45, 2.75) is 13.0 Å². The van der Waals surface area contributed by atoms with Crippen LogP contribution in [0.15, 0.2) is 66.9 Å². The Kier molecular flexibility index (Phi) is 4.27. The van der Waals surface area contributed by atoms with Crippen LogP contribution in [0.25, 0.3) is 0 Å². The number of amides is 1. The highest BCUT2D eigenvalue weighted by Gasteiger charge is 2.17. The second kappa shape index (κ2) is 6.88. The fraction of sp³-hybridized carbons (Fsp3) is 0.143. The molecule has 0 fully saturated rings. The highest BCUT2D eigenvalue weighted by atomic mass is 16.5. The number of pyridine rings is 1. The number of aromatic nitrogens is 1. The predicted octanol–water partition coefficient (Wildman–Crippen LogP) is 3.54. The SMILES string of the molecule is NC(=O)c1ccc(Oc2ccc3c(c2)CCN(c2ccccc2)C3)nc1. The molecule has 5 nitrogen and oxygen atoms in total. The second-order valence-corrected chi connectivity index (χ2v) is 6.29. The first kappa shape index (κ1) is 16.1. The van der Waals surface area contributed by atoms with Gasteiger partial charge in [-0.1, -0.05) is 24.3 Å². The van der Waals surface area contributed by atoms with Gasteiger partial charge in [0.15, 0.2) is 0 Å². The Morgan fingerprint density at radius 1 is 1.04 bits per heavy atom. The van der Waals surface area contributed by atoms with Crippen LogP contribution in [0.5, 0.6) is 11.6 Å². The van der Waals surface area contributed by atoms with E-state index in [2.05, 4.69) is 46.3 Å². The number of carbonyl (C=O) groups is 1. The number of rotatable bonds is 4. The summed E-state index contributed by atoms with van der Waals surface area (Å²) < 4.78 is 5.81. The number of anilines is 1. The van der Waals surface area contributed by atoms with E-state index >= 15 is 0 Å². The van der Waals surface area contributed by atoms with E-state index in [4.69, 9.17) is 10.5 Å². The topological polar surface area (TPSA) is 68.5 Å². The quantitative estimate of drug-likeness (QED) is 0.785. The van der Waals surface area contributed by atoms with Crippen molar-refractivity contribution in [3.63, 3.8) is 0 Å². The summed E-state index contributed by atoms with van der Waals surface area (Å²) in [6.07, 6.45) is 2.39. The van der Waals surface area contributed by atoms with Crippen LogP contribution in [0.3, 0.4) is 0 Å². The fourth-order valence-corrected chi connectivity index (χ4v) is 3.16. The molecule has 0 saturated heterocycles. The van der Waals surface area contributed by atoms with Crippen molar-refractivity contribution in [2.24, 2.45) is 5.73 Å². The van der Waals surface area contributed by atoms with Crippen LogP contribution in [0.4, 0.5) is 5.69 Å². The van der Waals surface area contributed by atoms with Crippen molar-refractivity contribution in [1.29, 1.82) is 0 Å². The minimum Gasteiger partial charge on any atom is -0.439 e. The van der Waals surface area contributed by atoms with E-state index in [0.29, 0.717) is 11.4 Å². The summed E-state index contributed by atoms with van der Waals surface area (Å²) in [6, 6.07) is 19.9. The summed E-state index contributed by atoms with van der Waals surface area (Å²) >= 11 is 0. The van der Waals surface area contributed by atoms with E-state index < -0.39 is 5.91 Å². The number of ether oxygens (including phenoxy) is 1. The lowest BCUT2D eigenvalue weighted by Gasteiger charge is -2.31. The van der Waals surface area contributed by atoms with Crippen molar-refractivity contribution in [1.82, 2.24) is 4.98 Å². The zero-order valence-corrected chi connectivity index (χ0v) is 14.3. The van der Waals surface area contributed by atoms with Crippen LogP contribution in [0, 0.1) is 0 Å². The normalized spacial score (nSPS) is 13.2. The number of hydrogen-bond acceptors (Lipinski definition) is 4. The lowest BCUT2D eigenvalue weighted by Crippen LogP contribution is -2.30. The first-order valence-corrected chi connectivity index (χ1v) is 8.54. The largest absolute Gasteiger partial charge is 0.439 e. The molecule has 3 aromatic rings. The molecule has 0 unspecified atom stereocenters. The van der Waals surface area contributed by atoms with Gasteiger partial charge in [0, 0.05) is 31.0 Å². The number of fused-ring (bicyclic) bond motifs is 1. The summed E-state index contributed by atoms with van der Waals surface area (Å²) in [6.45, 7) is 1.87. The first-order chi connectivity index (χ1) is 12.7. The standard InChI is InChI=1S/C21H19N3O2/c22-21(25)16-7-9-20(23-13-16)26-19-8-6-17-14-24(11-10-15(17)12-19)18-4-2-1-3-5-18/h1-9,12-13H,10-11,14H2,(H2,22,25). The number of primary amides is 1. The van der Waals surface area contributed by atoms with Crippen LogP contribution in [-0.4, -0.2) is 17.4 Å². The van der Waals surface area contributed by atoms with Gasteiger partial charge in [0.2, 0.25) is 11.8 Å². The zero-order chi connectivity index (χ0) is 17.9. The molecule has 0 aliphatic carbocycles. The third-order valence-corrected chi connectivity index (χ3v) is 4.55. The molecule has 0 bridgehead atoms. The van der Waals surface area contributed by atoms with Crippen molar-refractivity contribution >= 4 is 11.6 Å². The van der Waals surface area contributed by atoms with Gasteiger partial charge in [0.05, 0.1) is 5.56 Å². The molecule has 1 aromatic heterocycles. The molecule has 2 aromatic carbocycles. The molecule has 0 saturated carbocycles. The minimum atomic E-state index is -0.499. The number of para-hydroxylation sites is 1. The number of nitrogens with zero attached hydrogens (tertiary/aromatic N) is 2. The Labute approximate surface area is 152 Å². The molecule has 1 aliphatic rings. The van der Waals surface area contributed by atoms with Gasteiger partial charge in [0.25, 0.3) is 0 Å². The van der Waals surface area contributed by atoms with Crippen molar-refractivity contribution < 1.29 is 9.53 Å². The number of nitrogens with two attached hydrogens (primary N) is 1. The molecule has 2 heterocycles. The highest BCUT2D eigenvalue weighted by Crippen LogP contribution is 2.28. The molecule has 2 N–H and O–H groups in total. The van der Waals surface area contributed by atoms with E-state index in [0.717, 1.165) is 25.3 Å². The summed E-state index contributed by atoms with van der Waals surface area (Å²) in [5.41, 5.74) is 9.44. The molecule has 0 spiro atoms. The van der Waals surface area contributed by atoms with Crippen molar-refractivity contribution in [2.75, 3.05) is 11.4 Å². The van der Waals surface area contributed by atoms with E-state index in [1.54, 1.807) is 12.1 Å². The summed E-state index contributed by atoms with van der Waals surface area (Å²) in [7, 11) is 0. The molecule has 130 valence electrons. The van der Waals surface area contributed by atoms with Crippen LogP contribution in [0.2, 0.25) is 0 Å². The van der Waals surface area contributed by atoms with Gasteiger partial charge in [-0.3, -0.25) is 4.79 Å². The fourth-order valence-electron chi connectivity index (χ4n) is 3.16. The van der Waals surface area contributed by atoms with E-state index in [1.165, 1.54) is 23.0 Å². The maximum atomic E-state index is 11.1. The molecule has 0 atom stereocenters. The predicted molar refractivity (Wildman–Crippen MR) is 100 cm³/mol. The Morgan fingerprint density at radius 3 is 2.62 bits per heavy atom. The summed E-state index contributed by atoms with van der Waals surface area (Å²) in [5.74, 6) is 0.689. The Bertz CT molecular complexity index is 924. The van der Waals surface area contributed by atoms with Crippen molar-refractivity contribution in [3.05, 3.63) is 83.6 Å². The molecule has 0 radical (unpaired) electrons. The number of carbonyl (C=O) groups excluding carboxylic acids is 1. The molecular weight excluding hydrogens is 326 g/mol. The number of hydrogen-bond donors (Lipinski definition) is 1. The van der Waals surface area contributed by atoms with E-state index in [-0.39, 0.29) is 0 Å². The lowest BCUT2D eigenvalue weighted by molar-refractivity contribution is 0.1000. The molecule has 1 amide bonds. The Hall–Kier alpha value is -3.34. The first-order valence-electron chi connectivity index (χ1n) is 8.54. The van der Waals surface area contributed by atoms with Crippen LogP contribution in [-0.2, 0) is 13.0 Å². The van der Waals surface area contributed by atoms with Gasteiger partial charge < -0.3 is 15.4 Å². The lowest BCUT2D eigenvalue weighted by atomic mass is 9.99. The molecule has 4 rings (SSSR count). The molecular formula is C21H19N3O2. The van der Waals surface area contributed by atoms with E-state index in [9.17, 15) is 4.79 Å². The Balaban J connectivity index is 1.49. The monoisotopic (exact) mass is 345 g/mol. The zero-order valence-electron chi connectivity index (χ0n) is 14.3. The average Bonchev–Trinajstić information content (AvgIpc) is 2.69. The Morgan fingerprint density at radius 2 is 1.88 bits per heavy atom. The van der Waals surface area contributed by atoms with Gasteiger partial charge in [-0.2, -0.15) is 0 Å². The molecule has 5 heteroatoms. The summed E-state index contributed by atoms with van der Waals surface area (Å²) in [4.78, 5) is 17.6. The van der Waals surface area contributed by atoms with Gasteiger partial charge in [-0.05, 0) is 47.9 Å². The van der Waals surface area contributed by atoms with Gasteiger partial charge >= 0.3 is 0 Å². The summed E-state index contributed by atoms with van der Waals surface area (Å²) in [5, 5.41) is 0. The molecule has 26 heavy (non-hydrogen) atoms. The third kappa shape index (κ3) is 3.37. The maximum Gasteiger partial charge on any atom is 0.250 e. The van der Waals surface area contributed by atoms with Crippen molar-refractivity contribution in [3.8, 4) is 11.6 Å². The molecule has 1 aliphatic heterocycles. The van der Waals surface area contributed by atoms with Crippen LogP contribution in [0.1, 0.15) is 21.5 Å². The average molecular weight is 345 g/mol. The minimum absolute atomic E-state index is 0.365. The van der Waals surface area contributed by atoms with Crippen LogP contribution >= 0.6 is 0 Å². The second-order valence-electron chi connectivity index (χ2n) is 6.29. The number of benzene rings is 2. The van der Waals surface area contributed by atoms with Gasteiger partial charge in [0.1, 0.15) is 5.75 Å².